The maximum Gasteiger partial charge on any atom is 0.229 e. The number of nitrogens with one attached hydrogen (secondary N) is 1. The van der Waals surface area contributed by atoms with E-state index in [9.17, 15) is 9.59 Å². The molecule has 0 spiro atoms. The fourth-order valence-electron chi connectivity index (χ4n) is 1.99. The summed E-state index contributed by atoms with van der Waals surface area (Å²) in [6.07, 6.45) is 3.77. The smallest absolute Gasteiger partial charge is 0.229 e. The summed E-state index contributed by atoms with van der Waals surface area (Å²) in [6, 6.07) is 0. The number of carbonyl (C=O) groups is 2. The Kier molecular flexibility index (Phi) is 1.44. The first-order chi connectivity index (χ1) is 5.27. The molecule has 0 radical (unpaired) electrons. The Hall–Kier alpha value is -0.860. The minimum absolute atomic E-state index is 0.0500. The van der Waals surface area contributed by atoms with Gasteiger partial charge in [-0.1, -0.05) is 6.42 Å². The molecule has 2 amide bonds. The standard InChI is InChI=1S/C8H11NO2/c10-7-5-2-1-3-6(4-5)8(11)9-7/h5-6H,1-4H2,(H,9,10,11)/t5-,6-/m0/s1. The normalized spacial score (nSPS) is 36.7. The quantitative estimate of drug-likeness (QED) is 0.513. The molecular weight excluding hydrogens is 142 g/mol. The van der Waals surface area contributed by atoms with Crippen LogP contribution in [0.1, 0.15) is 25.7 Å². The highest BCUT2D eigenvalue weighted by Crippen LogP contribution is 2.32. The van der Waals surface area contributed by atoms with E-state index in [1.807, 2.05) is 0 Å². The van der Waals surface area contributed by atoms with Crippen LogP contribution in [-0.4, -0.2) is 11.8 Å². The third-order valence-electron chi connectivity index (χ3n) is 2.66. The lowest BCUT2D eigenvalue weighted by molar-refractivity contribution is -0.141. The summed E-state index contributed by atoms with van der Waals surface area (Å²) in [5.74, 6) is 0.162. The van der Waals surface area contributed by atoms with Gasteiger partial charge in [-0.3, -0.25) is 14.9 Å². The van der Waals surface area contributed by atoms with Crippen molar-refractivity contribution in [2.45, 2.75) is 25.7 Å². The van der Waals surface area contributed by atoms with Gasteiger partial charge < -0.3 is 0 Å². The number of rotatable bonds is 0. The minimum Gasteiger partial charge on any atom is -0.296 e. The molecular formula is C8H11NO2. The number of amides is 2. The van der Waals surface area contributed by atoms with E-state index in [4.69, 9.17) is 0 Å². The second-order valence-corrected chi connectivity index (χ2v) is 3.41. The topological polar surface area (TPSA) is 46.2 Å². The SMILES string of the molecule is O=C1NC(=O)[C@H]2CCC[C@H]1C2. The minimum atomic E-state index is -0.0500. The van der Waals surface area contributed by atoms with Crippen LogP contribution in [0.15, 0.2) is 0 Å². The summed E-state index contributed by atoms with van der Waals surface area (Å²) in [4.78, 5) is 22.2. The van der Waals surface area contributed by atoms with E-state index in [0.717, 1.165) is 25.7 Å². The van der Waals surface area contributed by atoms with Crippen molar-refractivity contribution in [3.63, 3.8) is 0 Å². The summed E-state index contributed by atoms with van der Waals surface area (Å²) in [7, 11) is 0. The van der Waals surface area contributed by atoms with E-state index >= 15 is 0 Å². The molecule has 60 valence electrons. The summed E-state index contributed by atoms with van der Waals surface area (Å²) in [5.41, 5.74) is 0. The van der Waals surface area contributed by atoms with Crippen LogP contribution in [-0.2, 0) is 9.59 Å². The monoisotopic (exact) mass is 153 g/mol. The van der Waals surface area contributed by atoms with Crippen molar-refractivity contribution in [3.8, 4) is 0 Å². The highest BCUT2D eigenvalue weighted by molar-refractivity contribution is 6.00. The van der Waals surface area contributed by atoms with E-state index in [1.54, 1.807) is 0 Å². The van der Waals surface area contributed by atoms with E-state index in [-0.39, 0.29) is 23.7 Å². The second-order valence-electron chi connectivity index (χ2n) is 3.41. The molecule has 1 aliphatic carbocycles. The number of carbonyl (C=O) groups excluding carboxylic acids is 2. The van der Waals surface area contributed by atoms with Crippen molar-refractivity contribution in [3.05, 3.63) is 0 Å². The van der Waals surface area contributed by atoms with Gasteiger partial charge in [0.1, 0.15) is 0 Å². The van der Waals surface area contributed by atoms with E-state index < -0.39 is 0 Å². The highest BCUT2D eigenvalue weighted by Gasteiger charge is 2.36. The van der Waals surface area contributed by atoms with Crippen molar-refractivity contribution >= 4 is 11.8 Å². The number of hydrogen-bond donors (Lipinski definition) is 1. The molecule has 2 fully saturated rings. The summed E-state index contributed by atoms with van der Waals surface area (Å²) in [5, 5.41) is 2.40. The molecule has 0 aromatic heterocycles. The van der Waals surface area contributed by atoms with Gasteiger partial charge in [-0.2, -0.15) is 0 Å². The summed E-state index contributed by atoms with van der Waals surface area (Å²) >= 11 is 0. The van der Waals surface area contributed by atoms with Gasteiger partial charge >= 0.3 is 0 Å². The van der Waals surface area contributed by atoms with E-state index in [1.165, 1.54) is 0 Å². The lowest BCUT2D eigenvalue weighted by atomic mass is 9.78. The van der Waals surface area contributed by atoms with Gasteiger partial charge in [0.25, 0.3) is 0 Å². The summed E-state index contributed by atoms with van der Waals surface area (Å²) in [6.45, 7) is 0. The Morgan fingerprint density at radius 1 is 1.09 bits per heavy atom. The molecule has 1 N–H and O–H groups in total. The third-order valence-corrected chi connectivity index (χ3v) is 2.66. The van der Waals surface area contributed by atoms with Crippen molar-refractivity contribution in [1.29, 1.82) is 0 Å². The molecule has 2 bridgehead atoms. The Labute approximate surface area is 65.2 Å². The van der Waals surface area contributed by atoms with Crippen LogP contribution in [0, 0.1) is 11.8 Å². The maximum absolute atomic E-state index is 11.1. The Bertz CT molecular complexity index is 192. The lowest BCUT2D eigenvalue weighted by Gasteiger charge is -2.32. The molecule has 2 atom stereocenters. The number of piperidine rings is 1. The molecule has 3 heteroatoms. The van der Waals surface area contributed by atoms with Gasteiger partial charge in [-0.15, -0.1) is 0 Å². The van der Waals surface area contributed by atoms with Gasteiger partial charge in [0.05, 0.1) is 0 Å². The van der Waals surface area contributed by atoms with Crippen LogP contribution in [0.5, 0.6) is 0 Å². The molecule has 1 aliphatic heterocycles. The average Bonchev–Trinajstić information content (AvgIpc) is 2.02. The molecule has 0 unspecified atom stereocenters. The molecule has 0 aromatic rings. The Balaban J connectivity index is 2.17. The number of fused-ring (bicyclic) bond motifs is 2. The van der Waals surface area contributed by atoms with Crippen LogP contribution in [0.3, 0.4) is 0 Å². The largest absolute Gasteiger partial charge is 0.296 e. The van der Waals surface area contributed by atoms with E-state index in [0.29, 0.717) is 0 Å². The maximum atomic E-state index is 11.1. The van der Waals surface area contributed by atoms with Gasteiger partial charge in [0, 0.05) is 11.8 Å². The van der Waals surface area contributed by atoms with Crippen LogP contribution in [0.25, 0.3) is 0 Å². The second kappa shape index (κ2) is 2.32. The molecule has 1 saturated heterocycles. The van der Waals surface area contributed by atoms with Crippen LogP contribution in [0.4, 0.5) is 0 Å². The molecule has 2 aliphatic rings. The van der Waals surface area contributed by atoms with Crippen LogP contribution in [0.2, 0.25) is 0 Å². The average molecular weight is 153 g/mol. The molecule has 1 saturated carbocycles. The van der Waals surface area contributed by atoms with Crippen molar-refractivity contribution < 1.29 is 9.59 Å². The molecule has 0 aromatic carbocycles. The van der Waals surface area contributed by atoms with Gasteiger partial charge in [0.2, 0.25) is 11.8 Å². The van der Waals surface area contributed by atoms with Gasteiger partial charge in [-0.05, 0) is 19.3 Å². The van der Waals surface area contributed by atoms with Crippen LogP contribution < -0.4 is 5.32 Å². The Morgan fingerprint density at radius 2 is 1.64 bits per heavy atom. The van der Waals surface area contributed by atoms with Gasteiger partial charge in [-0.25, -0.2) is 0 Å². The zero-order valence-electron chi connectivity index (χ0n) is 6.30. The zero-order chi connectivity index (χ0) is 7.84. The molecule has 11 heavy (non-hydrogen) atoms. The third kappa shape index (κ3) is 1.04. The predicted molar refractivity (Wildman–Crippen MR) is 38.6 cm³/mol. The molecule has 1 heterocycles. The number of hydrogen-bond acceptors (Lipinski definition) is 2. The first-order valence-corrected chi connectivity index (χ1v) is 4.12. The molecule has 2 rings (SSSR count). The van der Waals surface area contributed by atoms with Crippen LogP contribution >= 0.6 is 0 Å². The number of imide groups is 1. The highest BCUT2D eigenvalue weighted by atomic mass is 16.2. The first kappa shape index (κ1) is 6.83. The Morgan fingerprint density at radius 3 is 2.18 bits per heavy atom. The lowest BCUT2D eigenvalue weighted by Crippen LogP contribution is -2.48. The van der Waals surface area contributed by atoms with Crippen molar-refractivity contribution in [1.82, 2.24) is 5.32 Å². The first-order valence-electron chi connectivity index (χ1n) is 4.12. The fraction of sp³-hybridized carbons (Fsp3) is 0.750. The van der Waals surface area contributed by atoms with Crippen molar-refractivity contribution in [2.24, 2.45) is 11.8 Å². The fourth-order valence-corrected chi connectivity index (χ4v) is 1.99. The van der Waals surface area contributed by atoms with E-state index in [2.05, 4.69) is 5.32 Å². The predicted octanol–water partition coefficient (Wildman–Crippen LogP) is 0.449. The zero-order valence-corrected chi connectivity index (χ0v) is 6.30. The summed E-state index contributed by atoms with van der Waals surface area (Å²) < 4.78 is 0. The van der Waals surface area contributed by atoms with Gasteiger partial charge in [0.15, 0.2) is 0 Å². The van der Waals surface area contributed by atoms with Crippen molar-refractivity contribution in [2.75, 3.05) is 0 Å². The molecule has 3 nitrogen and oxygen atoms in total.